The van der Waals surface area contributed by atoms with Gasteiger partial charge in [-0.2, -0.15) is 4.31 Å². The standard InChI is InChI=1S/C25H27F2N5O2S/c26-21-11-23(30-13-19-20(14-30)25(19)31-15-28-29-16-31)22(27)10-18(21)12-32-9-5-4-8-24(35(32,33)34)17-6-2-1-3-7-17/h1-3,6-7,10-11,15-16,19-20,24-25H,4-5,8-9,12-14H2/t19-,20+,24-,25?/m0/s1. The Kier molecular flexibility index (Phi) is 5.60. The maximum Gasteiger partial charge on any atom is 0.221 e. The van der Waals surface area contributed by atoms with Gasteiger partial charge in [0, 0.05) is 55.7 Å². The quantitative estimate of drug-likeness (QED) is 0.532. The fraction of sp³-hybridized carbons (Fsp3) is 0.440. The van der Waals surface area contributed by atoms with Gasteiger partial charge in [0.2, 0.25) is 10.0 Å². The van der Waals surface area contributed by atoms with Crippen LogP contribution in [0.15, 0.2) is 55.1 Å². The van der Waals surface area contributed by atoms with E-state index in [2.05, 4.69) is 10.2 Å². The second-order valence-corrected chi connectivity index (χ2v) is 11.9. The number of halogens is 2. The molecule has 3 aromatic rings. The molecule has 6 rings (SSSR count). The first-order valence-electron chi connectivity index (χ1n) is 12.0. The molecule has 0 radical (unpaired) electrons. The number of rotatable bonds is 5. The molecule has 2 saturated heterocycles. The SMILES string of the molecule is O=S1(=O)[C@H](c2ccccc2)CCCCN1Cc1cc(F)c(N2C[C@@H]3C(n4cnnc4)[C@@H]3C2)cc1F. The highest BCUT2D eigenvalue weighted by molar-refractivity contribution is 7.89. The molecule has 184 valence electrons. The minimum absolute atomic E-state index is 0.0651. The summed E-state index contributed by atoms with van der Waals surface area (Å²) in [4.78, 5) is 1.88. The summed E-state index contributed by atoms with van der Waals surface area (Å²) in [5.74, 6) is -0.362. The van der Waals surface area contributed by atoms with Gasteiger partial charge in [-0.15, -0.1) is 10.2 Å². The molecule has 35 heavy (non-hydrogen) atoms. The molecule has 0 bridgehead atoms. The minimum Gasteiger partial charge on any atom is -0.368 e. The van der Waals surface area contributed by atoms with E-state index < -0.39 is 26.9 Å². The highest BCUT2D eigenvalue weighted by atomic mass is 32.2. The van der Waals surface area contributed by atoms with Crippen LogP contribution in [0.2, 0.25) is 0 Å². The first-order chi connectivity index (χ1) is 16.9. The lowest BCUT2D eigenvalue weighted by Crippen LogP contribution is -2.34. The van der Waals surface area contributed by atoms with Crippen LogP contribution in [0.25, 0.3) is 0 Å². The molecule has 3 aliphatic rings. The number of anilines is 1. The Hall–Kier alpha value is -2.85. The van der Waals surface area contributed by atoms with Crippen LogP contribution in [0.4, 0.5) is 14.5 Å². The first-order valence-corrected chi connectivity index (χ1v) is 13.5. The topological polar surface area (TPSA) is 71.3 Å². The summed E-state index contributed by atoms with van der Waals surface area (Å²) in [5.41, 5.74) is 1.04. The lowest BCUT2D eigenvalue weighted by atomic mass is 10.1. The summed E-state index contributed by atoms with van der Waals surface area (Å²) in [7, 11) is -3.72. The molecule has 1 aliphatic carbocycles. The summed E-state index contributed by atoms with van der Waals surface area (Å²) < 4.78 is 60.6. The van der Waals surface area contributed by atoms with Gasteiger partial charge in [0.05, 0.1) is 5.69 Å². The summed E-state index contributed by atoms with van der Waals surface area (Å²) in [6.07, 6.45) is 5.36. The predicted octanol–water partition coefficient (Wildman–Crippen LogP) is 3.92. The van der Waals surface area contributed by atoms with Crippen molar-refractivity contribution in [1.82, 2.24) is 19.1 Å². The molecular weight excluding hydrogens is 472 g/mol. The highest BCUT2D eigenvalue weighted by Crippen LogP contribution is 2.56. The number of nitrogens with zero attached hydrogens (tertiary/aromatic N) is 5. The largest absolute Gasteiger partial charge is 0.368 e. The molecule has 1 unspecified atom stereocenters. The van der Waals surface area contributed by atoms with Gasteiger partial charge in [-0.1, -0.05) is 36.8 Å². The van der Waals surface area contributed by atoms with E-state index in [1.54, 1.807) is 12.7 Å². The first kappa shape index (κ1) is 22.6. The van der Waals surface area contributed by atoms with Gasteiger partial charge in [-0.25, -0.2) is 17.2 Å². The van der Waals surface area contributed by atoms with Crippen molar-refractivity contribution >= 4 is 15.7 Å². The van der Waals surface area contributed by atoms with Crippen LogP contribution < -0.4 is 4.90 Å². The van der Waals surface area contributed by atoms with Crippen LogP contribution in [0.1, 0.15) is 41.7 Å². The lowest BCUT2D eigenvalue weighted by molar-refractivity contribution is 0.397. The number of hydrogen-bond donors (Lipinski definition) is 0. The number of benzene rings is 2. The molecule has 0 amide bonds. The van der Waals surface area contributed by atoms with E-state index in [-0.39, 0.29) is 17.8 Å². The molecule has 0 N–H and O–H groups in total. The molecule has 1 saturated carbocycles. The van der Waals surface area contributed by atoms with Crippen molar-refractivity contribution in [2.75, 3.05) is 24.5 Å². The van der Waals surface area contributed by atoms with Crippen molar-refractivity contribution in [2.24, 2.45) is 11.8 Å². The second kappa shape index (κ2) is 8.67. The van der Waals surface area contributed by atoms with Crippen LogP contribution in [-0.4, -0.2) is 47.1 Å². The molecule has 10 heteroatoms. The summed E-state index contributed by atoms with van der Waals surface area (Å²) in [6, 6.07) is 11.8. The van der Waals surface area contributed by atoms with Crippen LogP contribution in [0, 0.1) is 23.5 Å². The van der Waals surface area contributed by atoms with E-state index in [9.17, 15) is 8.42 Å². The number of aromatic nitrogens is 3. The Morgan fingerprint density at radius 1 is 0.943 bits per heavy atom. The van der Waals surface area contributed by atoms with Crippen LogP contribution >= 0.6 is 0 Å². The fourth-order valence-corrected chi connectivity index (χ4v) is 7.91. The molecule has 4 atom stereocenters. The third-order valence-electron chi connectivity index (χ3n) is 7.75. The zero-order valence-electron chi connectivity index (χ0n) is 19.2. The van der Waals surface area contributed by atoms with Gasteiger partial charge in [0.1, 0.15) is 29.5 Å². The van der Waals surface area contributed by atoms with Crippen molar-refractivity contribution in [2.45, 2.75) is 37.1 Å². The average Bonchev–Trinajstić information content (AvgIpc) is 3.19. The number of sulfonamides is 1. The van der Waals surface area contributed by atoms with Gasteiger partial charge < -0.3 is 9.47 Å². The summed E-state index contributed by atoms with van der Waals surface area (Å²) >= 11 is 0. The van der Waals surface area contributed by atoms with Crippen molar-refractivity contribution < 1.29 is 17.2 Å². The number of piperidine rings is 1. The third-order valence-corrected chi connectivity index (χ3v) is 10.0. The van der Waals surface area contributed by atoms with E-state index in [1.807, 2.05) is 39.8 Å². The molecule has 2 aromatic carbocycles. The Balaban J connectivity index is 1.20. The molecule has 3 heterocycles. The molecule has 1 aromatic heterocycles. The minimum atomic E-state index is -3.72. The van der Waals surface area contributed by atoms with Gasteiger partial charge in [-0.3, -0.25) is 0 Å². The number of hydrogen-bond acceptors (Lipinski definition) is 5. The molecule has 7 nitrogen and oxygen atoms in total. The Bertz CT molecular complexity index is 1310. The van der Waals surface area contributed by atoms with E-state index in [1.165, 1.54) is 16.4 Å². The molecular formula is C25H27F2N5O2S. The van der Waals surface area contributed by atoms with Crippen LogP contribution in [0.5, 0.6) is 0 Å². The molecule has 0 spiro atoms. The molecule has 3 fully saturated rings. The zero-order valence-corrected chi connectivity index (χ0v) is 20.0. The molecule has 2 aliphatic heterocycles. The van der Waals surface area contributed by atoms with Gasteiger partial charge >= 0.3 is 0 Å². The fourth-order valence-electron chi connectivity index (χ4n) is 5.88. The average molecular weight is 500 g/mol. The van der Waals surface area contributed by atoms with E-state index >= 15 is 8.78 Å². The van der Waals surface area contributed by atoms with Crippen molar-refractivity contribution in [1.29, 1.82) is 0 Å². The van der Waals surface area contributed by atoms with Crippen molar-refractivity contribution in [3.8, 4) is 0 Å². The Morgan fingerprint density at radius 3 is 2.37 bits per heavy atom. The van der Waals surface area contributed by atoms with E-state index in [0.717, 1.165) is 12.0 Å². The Labute approximate surface area is 203 Å². The third kappa shape index (κ3) is 4.02. The summed E-state index contributed by atoms with van der Waals surface area (Å²) in [6.45, 7) is 1.41. The predicted molar refractivity (Wildman–Crippen MR) is 127 cm³/mol. The van der Waals surface area contributed by atoms with Crippen LogP contribution in [-0.2, 0) is 16.6 Å². The van der Waals surface area contributed by atoms with Crippen molar-refractivity contribution in [3.05, 3.63) is 77.9 Å². The monoisotopic (exact) mass is 499 g/mol. The lowest BCUT2D eigenvalue weighted by Gasteiger charge is -2.26. The van der Waals surface area contributed by atoms with Gasteiger partial charge in [0.15, 0.2) is 0 Å². The summed E-state index contributed by atoms with van der Waals surface area (Å²) in [5, 5.41) is 7.03. The smallest absolute Gasteiger partial charge is 0.221 e. The number of fused-ring (bicyclic) bond motifs is 1. The Morgan fingerprint density at radius 2 is 1.66 bits per heavy atom. The van der Waals surface area contributed by atoms with Crippen molar-refractivity contribution in [3.63, 3.8) is 0 Å². The normalized spacial score (nSPS) is 28.0. The van der Waals surface area contributed by atoms with Gasteiger partial charge in [-0.05, 0) is 24.5 Å². The van der Waals surface area contributed by atoms with E-state index in [0.29, 0.717) is 50.4 Å². The second-order valence-electron chi connectivity index (χ2n) is 9.80. The maximum absolute atomic E-state index is 15.2. The van der Waals surface area contributed by atoms with Gasteiger partial charge in [0.25, 0.3) is 0 Å². The van der Waals surface area contributed by atoms with Crippen LogP contribution in [0.3, 0.4) is 0 Å². The maximum atomic E-state index is 15.2. The van der Waals surface area contributed by atoms with E-state index in [4.69, 9.17) is 0 Å². The zero-order chi connectivity index (χ0) is 24.2. The highest BCUT2D eigenvalue weighted by Gasteiger charge is 2.57.